The summed E-state index contributed by atoms with van der Waals surface area (Å²) in [6.07, 6.45) is 2.00. The minimum Gasteiger partial charge on any atom is -0.398 e. The summed E-state index contributed by atoms with van der Waals surface area (Å²) in [5.74, 6) is -0.412. The Balaban J connectivity index is 2.47. The minimum absolute atomic E-state index is 0.412. The van der Waals surface area contributed by atoms with E-state index in [0.717, 1.165) is 0 Å². The van der Waals surface area contributed by atoms with Gasteiger partial charge in [0.1, 0.15) is 11.9 Å². The largest absolute Gasteiger partial charge is 0.398 e. The third-order valence-electron chi connectivity index (χ3n) is 2.43. The zero-order valence-electron chi connectivity index (χ0n) is 8.77. The molecular weight excluding hydrogens is 287 g/mol. The van der Waals surface area contributed by atoms with Gasteiger partial charge in [0.15, 0.2) is 0 Å². The number of halogens is 2. The van der Waals surface area contributed by atoms with Crippen LogP contribution in [-0.4, -0.2) is 10.1 Å². The summed E-state index contributed by atoms with van der Waals surface area (Å²) in [5.41, 5.74) is 7.04. The quantitative estimate of drug-likeness (QED) is 0.896. The third-order valence-corrected chi connectivity index (χ3v) is 3.16. The first-order valence-corrected chi connectivity index (χ1v) is 5.71. The molecule has 0 saturated carbocycles. The fourth-order valence-corrected chi connectivity index (χ4v) is 2.00. The number of aliphatic hydroxyl groups excluding tert-OH is 1. The average Bonchev–Trinajstić information content (AvgIpc) is 2.32. The van der Waals surface area contributed by atoms with Crippen LogP contribution in [-0.2, 0) is 0 Å². The Hall–Kier alpha value is -1.46. The second kappa shape index (κ2) is 4.81. The molecule has 1 aromatic heterocycles. The minimum atomic E-state index is -1.01. The van der Waals surface area contributed by atoms with E-state index < -0.39 is 11.9 Å². The Morgan fingerprint density at radius 3 is 2.76 bits per heavy atom. The highest BCUT2D eigenvalue weighted by Crippen LogP contribution is 2.31. The molecule has 0 saturated heterocycles. The first-order chi connectivity index (χ1) is 8.09. The number of aliphatic hydroxyl groups is 1. The molecule has 1 heterocycles. The molecule has 0 bridgehead atoms. The standard InChI is InChI=1S/C12H10BrFN2O/c13-10-2-1-7(14)5-8(10)12(17)9-6-16-4-3-11(9)15/h1-6,12,17H,(H2,15,16). The smallest absolute Gasteiger partial charge is 0.123 e. The van der Waals surface area contributed by atoms with Crippen LogP contribution in [0.5, 0.6) is 0 Å². The van der Waals surface area contributed by atoms with Crippen molar-refractivity contribution >= 4 is 21.6 Å². The fraction of sp³-hybridized carbons (Fsp3) is 0.0833. The maximum absolute atomic E-state index is 13.1. The number of aromatic nitrogens is 1. The Kier molecular flexibility index (Phi) is 3.40. The van der Waals surface area contributed by atoms with Crippen molar-refractivity contribution in [1.29, 1.82) is 0 Å². The first-order valence-electron chi connectivity index (χ1n) is 4.92. The van der Waals surface area contributed by atoms with Crippen LogP contribution in [0.15, 0.2) is 41.1 Å². The molecule has 0 aliphatic rings. The lowest BCUT2D eigenvalue weighted by Gasteiger charge is -2.14. The Morgan fingerprint density at radius 1 is 1.29 bits per heavy atom. The number of hydrogen-bond acceptors (Lipinski definition) is 3. The number of nitrogens with zero attached hydrogens (tertiary/aromatic N) is 1. The maximum atomic E-state index is 13.1. The lowest BCUT2D eigenvalue weighted by molar-refractivity contribution is 0.219. The van der Waals surface area contributed by atoms with Crippen LogP contribution in [0.25, 0.3) is 0 Å². The van der Waals surface area contributed by atoms with E-state index in [1.165, 1.54) is 24.5 Å². The lowest BCUT2D eigenvalue weighted by atomic mass is 10.0. The molecular formula is C12H10BrFN2O. The van der Waals surface area contributed by atoms with Gasteiger partial charge in [0, 0.05) is 33.7 Å². The fourth-order valence-electron chi connectivity index (χ4n) is 1.54. The van der Waals surface area contributed by atoms with Gasteiger partial charge in [-0.05, 0) is 24.3 Å². The van der Waals surface area contributed by atoms with Crippen molar-refractivity contribution in [2.45, 2.75) is 6.10 Å². The van der Waals surface area contributed by atoms with E-state index in [1.54, 1.807) is 12.1 Å². The molecule has 5 heteroatoms. The van der Waals surface area contributed by atoms with Crippen LogP contribution < -0.4 is 5.73 Å². The summed E-state index contributed by atoms with van der Waals surface area (Å²) in [6, 6.07) is 5.71. The average molecular weight is 297 g/mol. The van der Waals surface area contributed by atoms with E-state index in [-0.39, 0.29) is 0 Å². The molecule has 3 nitrogen and oxygen atoms in total. The molecule has 0 fully saturated rings. The van der Waals surface area contributed by atoms with Crippen molar-refractivity contribution in [3.63, 3.8) is 0 Å². The summed E-state index contributed by atoms with van der Waals surface area (Å²) in [4.78, 5) is 3.90. The number of nitrogen functional groups attached to an aromatic ring is 1. The van der Waals surface area contributed by atoms with Gasteiger partial charge >= 0.3 is 0 Å². The van der Waals surface area contributed by atoms with Gasteiger partial charge < -0.3 is 10.8 Å². The molecule has 0 radical (unpaired) electrons. The van der Waals surface area contributed by atoms with Gasteiger partial charge in [-0.25, -0.2) is 4.39 Å². The van der Waals surface area contributed by atoms with Crippen molar-refractivity contribution in [2.24, 2.45) is 0 Å². The normalized spacial score (nSPS) is 12.4. The number of benzene rings is 1. The van der Waals surface area contributed by atoms with E-state index in [4.69, 9.17) is 5.73 Å². The molecule has 0 aliphatic carbocycles. The van der Waals surface area contributed by atoms with Crippen LogP contribution in [0.4, 0.5) is 10.1 Å². The summed E-state index contributed by atoms with van der Waals surface area (Å²) < 4.78 is 13.8. The SMILES string of the molecule is Nc1ccncc1C(O)c1cc(F)ccc1Br. The van der Waals surface area contributed by atoms with Gasteiger partial charge in [-0.3, -0.25) is 4.98 Å². The van der Waals surface area contributed by atoms with Gasteiger partial charge in [-0.15, -0.1) is 0 Å². The van der Waals surface area contributed by atoms with Crippen molar-refractivity contribution in [1.82, 2.24) is 4.98 Å². The molecule has 1 atom stereocenters. The number of pyridine rings is 1. The second-order valence-corrected chi connectivity index (χ2v) is 4.43. The molecule has 88 valence electrons. The van der Waals surface area contributed by atoms with E-state index in [9.17, 15) is 9.50 Å². The highest BCUT2D eigenvalue weighted by Gasteiger charge is 2.17. The van der Waals surface area contributed by atoms with Crippen LogP contribution in [0.2, 0.25) is 0 Å². The summed E-state index contributed by atoms with van der Waals surface area (Å²) in [6.45, 7) is 0. The van der Waals surface area contributed by atoms with Crippen LogP contribution in [0.1, 0.15) is 17.2 Å². The monoisotopic (exact) mass is 296 g/mol. The zero-order valence-corrected chi connectivity index (χ0v) is 10.4. The van der Waals surface area contributed by atoms with Gasteiger partial charge in [0.2, 0.25) is 0 Å². The Labute approximate surface area is 106 Å². The van der Waals surface area contributed by atoms with Crippen LogP contribution in [0.3, 0.4) is 0 Å². The molecule has 0 amide bonds. The number of nitrogens with two attached hydrogens (primary N) is 1. The first kappa shape index (κ1) is 12.0. The number of anilines is 1. The van der Waals surface area contributed by atoms with Gasteiger partial charge in [-0.1, -0.05) is 15.9 Å². The van der Waals surface area contributed by atoms with E-state index in [2.05, 4.69) is 20.9 Å². The van der Waals surface area contributed by atoms with Crippen molar-refractivity contribution in [2.75, 3.05) is 5.73 Å². The van der Waals surface area contributed by atoms with Crippen LogP contribution >= 0.6 is 15.9 Å². The van der Waals surface area contributed by atoms with Crippen molar-refractivity contribution < 1.29 is 9.50 Å². The lowest BCUT2D eigenvalue weighted by Crippen LogP contribution is -2.05. The van der Waals surface area contributed by atoms with E-state index in [0.29, 0.717) is 21.3 Å². The maximum Gasteiger partial charge on any atom is 0.123 e. The van der Waals surface area contributed by atoms with E-state index >= 15 is 0 Å². The third kappa shape index (κ3) is 2.45. The van der Waals surface area contributed by atoms with Crippen LogP contribution in [0, 0.1) is 5.82 Å². The molecule has 0 aliphatic heterocycles. The highest BCUT2D eigenvalue weighted by atomic mass is 79.9. The van der Waals surface area contributed by atoms with Gasteiger partial charge in [0.25, 0.3) is 0 Å². The molecule has 2 rings (SSSR count). The summed E-state index contributed by atoms with van der Waals surface area (Å²) in [7, 11) is 0. The summed E-state index contributed by atoms with van der Waals surface area (Å²) in [5, 5.41) is 10.2. The summed E-state index contributed by atoms with van der Waals surface area (Å²) >= 11 is 3.27. The molecule has 3 N–H and O–H groups in total. The second-order valence-electron chi connectivity index (χ2n) is 3.57. The van der Waals surface area contributed by atoms with E-state index in [1.807, 2.05) is 0 Å². The Morgan fingerprint density at radius 2 is 2.06 bits per heavy atom. The Bertz CT molecular complexity index is 548. The predicted molar refractivity (Wildman–Crippen MR) is 66.8 cm³/mol. The number of hydrogen-bond donors (Lipinski definition) is 2. The van der Waals surface area contributed by atoms with Crippen molar-refractivity contribution in [3.05, 3.63) is 58.1 Å². The topological polar surface area (TPSA) is 59.1 Å². The highest BCUT2D eigenvalue weighted by molar-refractivity contribution is 9.10. The molecule has 1 unspecified atom stereocenters. The van der Waals surface area contributed by atoms with Crippen molar-refractivity contribution in [3.8, 4) is 0 Å². The van der Waals surface area contributed by atoms with Gasteiger partial charge in [-0.2, -0.15) is 0 Å². The zero-order chi connectivity index (χ0) is 12.4. The number of rotatable bonds is 2. The van der Waals surface area contributed by atoms with Gasteiger partial charge in [0.05, 0.1) is 0 Å². The molecule has 17 heavy (non-hydrogen) atoms. The predicted octanol–water partition coefficient (Wildman–Crippen LogP) is 2.65. The molecule has 1 aromatic carbocycles. The molecule has 2 aromatic rings. The molecule has 0 spiro atoms.